The number of nitrogens with one attached hydrogen (secondary N) is 1. The monoisotopic (exact) mass is 445 g/mol. The van der Waals surface area contributed by atoms with Gasteiger partial charge in [0.25, 0.3) is 0 Å². The summed E-state index contributed by atoms with van der Waals surface area (Å²) in [4.78, 5) is 32.7. The number of halogens is 1. The van der Waals surface area contributed by atoms with Gasteiger partial charge in [-0.1, -0.05) is 22.9 Å². The van der Waals surface area contributed by atoms with Crippen molar-refractivity contribution < 1.29 is 14.3 Å². The molecule has 156 valence electrons. The van der Waals surface area contributed by atoms with E-state index in [0.717, 1.165) is 10.2 Å². The molecule has 1 saturated heterocycles. The number of carbonyl (C=O) groups excluding carboxylic acids is 2. The number of benzene rings is 2. The van der Waals surface area contributed by atoms with E-state index in [2.05, 4.69) is 10.3 Å². The van der Waals surface area contributed by atoms with Gasteiger partial charge >= 0.3 is 6.03 Å². The van der Waals surface area contributed by atoms with Crippen LogP contribution >= 0.6 is 22.9 Å². The Bertz CT molecular complexity index is 1070. The highest BCUT2D eigenvalue weighted by atomic mass is 35.5. The third-order valence-electron chi connectivity index (χ3n) is 4.72. The lowest BCUT2D eigenvalue weighted by molar-refractivity contribution is -0.142. The van der Waals surface area contributed by atoms with Crippen molar-refractivity contribution >= 4 is 61.6 Å². The van der Waals surface area contributed by atoms with Crippen LogP contribution in [0, 0.1) is 0 Å². The summed E-state index contributed by atoms with van der Waals surface area (Å²) in [5.74, 6) is -0.0787. The molecule has 0 aliphatic carbocycles. The molecule has 1 aliphatic heterocycles. The third-order valence-corrected chi connectivity index (χ3v) is 5.82. The average molecular weight is 446 g/mol. The number of morpholine rings is 1. The molecule has 3 N–H and O–H groups in total. The Balaban J connectivity index is 1.57. The predicted molar refractivity (Wildman–Crippen MR) is 119 cm³/mol. The van der Waals surface area contributed by atoms with Crippen LogP contribution in [0.1, 0.15) is 0 Å². The van der Waals surface area contributed by atoms with E-state index >= 15 is 0 Å². The Kier molecular flexibility index (Phi) is 6.03. The second kappa shape index (κ2) is 8.86. The molecular formula is C20H20ClN5O3S. The quantitative estimate of drug-likeness (QED) is 0.626. The largest absolute Gasteiger partial charge is 0.375 e. The zero-order chi connectivity index (χ0) is 21.1. The number of thiazole rings is 1. The average Bonchev–Trinajstić information content (AvgIpc) is 3.10. The van der Waals surface area contributed by atoms with E-state index in [-0.39, 0.29) is 18.5 Å². The van der Waals surface area contributed by atoms with Crippen LogP contribution in [0.15, 0.2) is 42.5 Å². The molecule has 0 saturated carbocycles. The number of nitrogens with two attached hydrogens (primary N) is 1. The Morgan fingerprint density at radius 3 is 2.87 bits per heavy atom. The van der Waals surface area contributed by atoms with Crippen LogP contribution in [0.5, 0.6) is 0 Å². The summed E-state index contributed by atoms with van der Waals surface area (Å²) in [5, 5.41) is 3.94. The van der Waals surface area contributed by atoms with Gasteiger partial charge in [-0.15, -0.1) is 0 Å². The molecule has 1 fully saturated rings. The highest BCUT2D eigenvalue weighted by Gasteiger charge is 2.22. The number of urea groups is 1. The molecular weight excluding hydrogens is 426 g/mol. The Labute approximate surface area is 182 Å². The van der Waals surface area contributed by atoms with Gasteiger partial charge in [0, 0.05) is 36.0 Å². The van der Waals surface area contributed by atoms with Gasteiger partial charge in [0.1, 0.15) is 6.61 Å². The molecule has 1 aromatic heterocycles. The Hall–Kier alpha value is -2.88. The van der Waals surface area contributed by atoms with Crippen molar-refractivity contribution in [3.63, 3.8) is 0 Å². The van der Waals surface area contributed by atoms with Gasteiger partial charge in [0.2, 0.25) is 5.91 Å². The van der Waals surface area contributed by atoms with Gasteiger partial charge in [-0.25, -0.2) is 9.78 Å². The highest BCUT2D eigenvalue weighted by molar-refractivity contribution is 7.22. The van der Waals surface area contributed by atoms with E-state index in [0.29, 0.717) is 47.8 Å². The number of fused-ring (bicyclic) bond motifs is 1. The van der Waals surface area contributed by atoms with Crippen LogP contribution in [-0.4, -0.2) is 54.7 Å². The van der Waals surface area contributed by atoms with Crippen LogP contribution in [0.25, 0.3) is 10.2 Å². The summed E-state index contributed by atoms with van der Waals surface area (Å²) in [6.45, 7) is 1.80. The van der Waals surface area contributed by atoms with E-state index in [4.69, 9.17) is 22.1 Å². The van der Waals surface area contributed by atoms with Crippen LogP contribution in [-0.2, 0) is 9.53 Å². The summed E-state index contributed by atoms with van der Waals surface area (Å²) in [6.07, 6.45) is 0. The molecule has 30 heavy (non-hydrogen) atoms. The zero-order valence-corrected chi connectivity index (χ0v) is 17.6. The number of nitrogens with zero attached hydrogens (tertiary/aromatic N) is 3. The SMILES string of the molecule is Nc1nc2ccc(N(CCN3CCOCC3=O)C(=O)Nc3ccc(Cl)cc3)cc2s1. The normalized spacial score (nSPS) is 14.2. The van der Waals surface area contributed by atoms with Crippen molar-refractivity contribution in [3.05, 3.63) is 47.5 Å². The van der Waals surface area contributed by atoms with Gasteiger partial charge in [-0.05, 0) is 42.5 Å². The topological polar surface area (TPSA) is 101 Å². The van der Waals surface area contributed by atoms with Crippen molar-refractivity contribution in [2.75, 3.05) is 48.8 Å². The van der Waals surface area contributed by atoms with E-state index in [9.17, 15) is 9.59 Å². The Morgan fingerprint density at radius 1 is 1.30 bits per heavy atom. The zero-order valence-electron chi connectivity index (χ0n) is 16.0. The van der Waals surface area contributed by atoms with Gasteiger partial charge in [0.15, 0.2) is 5.13 Å². The second-order valence-electron chi connectivity index (χ2n) is 6.73. The van der Waals surface area contributed by atoms with Crippen LogP contribution in [0.3, 0.4) is 0 Å². The van der Waals surface area contributed by atoms with E-state index in [1.54, 1.807) is 34.1 Å². The van der Waals surface area contributed by atoms with Gasteiger partial charge in [0.05, 0.1) is 16.8 Å². The molecule has 8 nitrogen and oxygen atoms in total. The van der Waals surface area contributed by atoms with Crippen LogP contribution in [0.4, 0.5) is 21.3 Å². The molecule has 0 atom stereocenters. The lowest BCUT2D eigenvalue weighted by Gasteiger charge is -2.30. The fraction of sp³-hybridized carbons (Fsp3) is 0.250. The number of nitrogen functional groups attached to an aromatic ring is 1. The molecule has 3 amide bonds. The Morgan fingerprint density at radius 2 is 2.10 bits per heavy atom. The maximum absolute atomic E-state index is 13.1. The first kappa shape index (κ1) is 20.4. The molecule has 10 heteroatoms. The van der Waals surface area contributed by atoms with Gasteiger partial charge in [-0.3, -0.25) is 9.69 Å². The number of rotatable bonds is 5. The first-order chi connectivity index (χ1) is 14.5. The molecule has 4 rings (SSSR count). The maximum atomic E-state index is 13.1. The summed E-state index contributed by atoms with van der Waals surface area (Å²) in [6, 6.07) is 12.1. The minimum atomic E-state index is -0.310. The first-order valence-corrected chi connectivity index (χ1v) is 10.5. The van der Waals surface area contributed by atoms with E-state index < -0.39 is 0 Å². The first-order valence-electron chi connectivity index (χ1n) is 9.35. The number of amides is 3. The highest BCUT2D eigenvalue weighted by Crippen LogP contribution is 2.28. The van der Waals surface area contributed by atoms with Crippen LogP contribution < -0.4 is 16.0 Å². The number of carbonyl (C=O) groups is 2. The number of hydrogen-bond donors (Lipinski definition) is 2. The molecule has 1 aliphatic rings. The molecule has 0 bridgehead atoms. The molecule has 3 aromatic rings. The number of aromatic nitrogens is 1. The predicted octanol–water partition coefficient (Wildman–Crippen LogP) is 3.43. The van der Waals surface area contributed by atoms with Gasteiger partial charge in [-0.2, -0.15) is 0 Å². The lowest BCUT2D eigenvalue weighted by atomic mass is 10.2. The van der Waals surface area contributed by atoms with Crippen molar-refractivity contribution in [1.29, 1.82) is 0 Å². The van der Waals surface area contributed by atoms with Gasteiger partial charge < -0.3 is 20.7 Å². The van der Waals surface area contributed by atoms with E-state index in [1.165, 1.54) is 11.3 Å². The standard InChI is InChI=1S/C20H20ClN5O3S/c21-13-1-3-14(4-2-13)23-20(28)26(8-7-25-9-10-29-12-18(25)27)15-5-6-16-17(11-15)30-19(22)24-16/h1-6,11H,7-10,12H2,(H2,22,24)(H,23,28). The smallest absolute Gasteiger partial charge is 0.326 e. The summed E-state index contributed by atoms with van der Waals surface area (Å²) in [5.41, 5.74) is 7.91. The molecule has 2 heterocycles. The minimum absolute atomic E-state index is 0.0725. The van der Waals surface area contributed by atoms with Crippen LogP contribution in [0.2, 0.25) is 5.02 Å². The summed E-state index contributed by atoms with van der Waals surface area (Å²) < 4.78 is 6.06. The minimum Gasteiger partial charge on any atom is -0.375 e. The maximum Gasteiger partial charge on any atom is 0.326 e. The van der Waals surface area contributed by atoms with E-state index in [1.807, 2.05) is 18.2 Å². The molecule has 0 unspecified atom stereocenters. The molecule has 2 aromatic carbocycles. The molecule has 0 spiro atoms. The summed E-state index contributed by atoms with van der Waals surface area (Å²) in [7, 11) is 0. The van der Waals surface area contributed by atoms with Crippen molar-refractivity contribution in [1.82, 2.24) is 9.88 Å². The molecule has 0 radical (unpaired) electrons. The van der Waals surface area contributed by atoms with Crippen molar-refractivity contribution in [2.45, 2.75) is 0 Å². The fourth-order valence-electron chi connectivity index (χ4n) is 3.18. The van der Waals surface area contributed by atoms with Crippen molar-refractivity contribution in [2.24, 2.45) is 0 Å². The summed E-state index contributed by atoms with van der Waals surface area (Å²) >= 11 is 7.29. The lowest BCUT2D eigenvalue weighted by Crippen LogP contribution is -2.47. The number of hydrogen-bond acceptors (Lipinski definition) is 6. The third kappa shape index (κ3) is 4.64. The fourth-order valence-corrected chi connectivity index (χ4v) is 4.07. The number of anilines is 3. The second-order valence-corrected chi connectivity index (χ2v) is 8.22. The van der Waals surface area contributed by atoms with Crippen molar-refractivity contribution in [3.8, 4) is 0 Å². The number of ether oxygens (including phenoxy) is 1.